The molecule has 13 N–H and O–H groups in total. The first kappa shape index (κ1) is 97.9. The molecule has 5 aromatic carbocycles. The van der Waals surface area contributed by atoms with Crippen molar-refractivity contribution in [1.82, 2.24) is 74.0 Å². The summed E-state index contributed by atoms with van der Waals surface area (Å²) in [4.78, 5) is 59.8. The van der Waals surface area contributed by atoms with Gasteiger partial charge in [0.05, 0.1) is 39.6 Å². The van der Waals surface area contributed by atoms with E-state index in [0.29, 0.717) is 139 Å². The number of aliphatic hydroxyl groups excluding tert-OH is 1. The van der Waals surface area contributed by atoms with Crippen molar-refractivity contribution in [2.24, 2.45) is 0 Å². The van der Waals surface area contributed by atoms with Crippen LogP contribution in [-0.2, 0) is 40.2 Å². The molecule has 1 amide bonds. The molecule has 118 heavy (non-hydrogen) atoms. The maximum Gasteiger partial charge on any atom is 1.00 e. The predicted molar refractivity (Wildman–Crippen MR) is 445 cm³/mol. The third kappa shape index (κ3) is 31.6. The number of nitrogens with two attached hydrogens (primary N) is 3. The normalized spacial score (nSPS) is 11.2. The van der Waals surface area contributed by atoms with Gasteiger partial charge in [0.2, 0.25) is 0 Å². The molecule has 34 nitrogen and oxygen atoms in total. The number of unbranched alkanes of at least 4 members (excludes halogenated alkanes) is 3. The number of aryl methyl sites for hydroxylation is 4. The van der Waals surface area contributed by atoms with Crippen molar-refractivity contribution in [2.45, 2.75) is 77.5 Å². The van der Waals surface area contributed by atoms with Gasteiger partial charge in [-0.1, -0.05) is 76.7 Å². The van der Waals surface area contributed by atoms with Crippen molar-refractivity contribution in [2.75, 3.05) is 63.2 Å². The number of ether oxygens (including phenoxy) is 5. The number of aromatic hydroxyl groups is 1. The number of aromatic nitrogens is 15. The van der Waals surface area contributed by atoms with Crippen molar-refractivity contribution in [3.63, 3.8) is 0 Å². The zero-order chi connectivity index (χ0) is 82.8. The Hall–Kier alpha value is -10.7. The Morgan fingerprint density at radius 3 is 1.55 bits per heavy atom. The van der Waals surface area contributed by atoms with Crippen LogP contribution in [0.25, 0.3) is 45.9 Å². The number of pyridine rings is 3. The number of phenolic OH excluding ortho intramolecular Hbond substituents is 1. The summed E-state index contributed by atoms with van der Waals surface area (Å²) in [6, 6.07) is 42.3. The second-order valence-corrected chi connectivity index (χ2v) is 32.5. The number of nitrogens with one attached hydrogen (secondary N) is 1. The summed E-state index contributed by atoms with van der Waals surface area (Å²) >= 11 is 37.3. The number of nitrogen functional groups attached to an aromatic ring is 3. The fraction of sp³-hybridized carbons (Fsp3) is 0.240. The number of carboxylic acid groups (broad SMARTS) is 1. The van der Waals surface area contributed by atoms with E-state index in [-0.39, 0.29) is 59.2 Å². The van der Waals surface area contributed by atoms with Crippen LogP contribution in [0.3, 0.4) is 0 Å². The predicted octanol–water partition coefficient (Wildman–Crippen LogP) is 11.7. The van der Waals surface area contributed by atoms with Crippen molar-refractivity contribution >= 4 is 132 Å². The number of anilines is 4. The number of fused-ring (bicyclic) bond motifs is 5. The Bertz CT molecular complexity index is 5250. The van der Waals surface area contributed by atoms with E-state index in [1.54, 1.807) is 86.0 Å². The van der Waals surface area contributed by atoms with Crippen LogP contribution >= 0.6 is 85.3 Å². The first-order valence-electron chi connectivity index (χ1n) is 34.9. The van der Waals surface area contributed by atoms with Gasteiger partial charge in [-0.3, -0.25) is 9.36 Å². The number of carbonyl (C=O) groups is 4. The SMILES string of the molecule is COC(=O)c1cc(Cl)ccc1O.COC(=O)c1cc(Cl)ccc1OCCCCn1cnnc1-c1cccc(N)n1.Nc1cccc(-c2nncn2CCCCO)c1.Nc1cccc(-c2nncn2CCCCOc2ccc(Cl)cc2C(=O)O)n1.O.O=C1Nc2cccc(n2)-c2nncn2CCCCOc2ccc(Cl)cc21.O=P(Cl)(Cl)Cl.[Li+].[OH-]. The number of nitrogens with zero attached hydrogens (tertiary/aromatic N) is 15. The maximum atomic E-state index is 12.7. The summed E-state index contributed by atoms with van der Waals surface area (Å²) in [6.45, 7) is 4.49. The molecule has 7 aromatic heterocycles. The van der Waals surface area contributed by atoms with Gasteiger partial charge in [-0.2, -0.15) is 0 Å². The largest absolute Gasteiger partial charge is 1.00 e. The molecule has 0 aliphatic carbocycles. The standard InChI is InChI=1S/C19H20ClN5O3.C18H18ClN5O3.C18H16ClN5O2.C12H16N4O.C8H7ClO3.Cl3OP.Li.2H2O/c1-27-19(26)14-11-13(20)7-8-16(14)28-10-3-2-9-25-12-22-24-18(25)15-5-4-6-17(21)23-15;19-12-6-7-15(13(10-12)18(25)26)27-9-2-1-8-24-11-21-23-17(24)14-4-3-5-16(20)22-14;19-12-6-7-15-13(10-12)18(25)22-16-5-3-4-14(21-16)17-23-20-11-24(17)8-1-2-9-26-15;13-11-5-3-4-10(8-11)12-15-14-9-16(12)6-1-2-7-17;1-12-8(11)6-4-5(9)2-3-7(6)10;1-5(2,3)4;;;/h4-8,11-12H,2-3,9-10H2,1H3,(H2,21,23);3-7,10-11H,1-2,8-9H2,(H2,20,22)(H,25,26);3-7,10-11H,1-2,8-9H2,(H,21,22,25);3-5,8-9,17H,1-2,6-7,13H2;2-4,10H,1H3;;;2*1H2/q;;;;;;+1;;/p-1. The van der Waals surface area contributed by atoms with Gasteiger partial charge in [0.25, 0.3) is 5.91 Å². The molecule has 0 fully saturated rings. The van der Waals surface area contributed by atoms with E-state index in [0.717, 1.165) is 75.8 Å². The Morgan fingerprint density at radius 1 is 0.551 bits per heavy atom. The van der Waals surface area contributed by atoms with Crippen LogP contribution in [0.5, 0.6) is 23.0 Å². The summed E-state index contributed by atoms with van der Waals surface area (Å²) < 4.78 is 43.6. The molecular formula is C75H80Cl7LiN19O15P. The number of benzene rings is 5. The van der Waals surface area contributed by atoms with Gasteiger partial charge in [-0.25, -0.2) is 29.3 Å². The minimum Gasteiger partial charge on any atom is -0.870 e. The minimum absolute atomic E-state index is 0. The molecule has 1 aliphatic heterocycles. The zero-order valence-corrected chi connectivity index (χ0v) is 69.6. The number of hydrogen-bond acceptors (Lipinski definition) is 27. The molecule has 13 rings (SSSR count). The zero-order valence-electron chi connectivity index (χ0n) is 63.5. The van der Waals surface area contributed by atoms with Gasteiger partial charge < -0.3 is 90.7 Å². The number of aliphatic hydroxyl groups is 1. The van der Waals surface area contributed by atoms with Crippen LogP contribution in [0, 0.1) is 0 Å². The quantitative estimate of drug-likeness (QED) is 0.0109. The van der Waals surface area contributed by atoms with Crippen LogP contribution < -0.4 is 55.6 Å². The van der Waals surface area contributed by atoms with Crippen molar-refractivity contribution in [1.29, 1.82) is 0 Å². The molecule has 8 heterocycles. The first-order chi connectivity index (χ1) is 55.3. The molecule has 1 aliphatic rings. The summed E-state index contributed by atoms with van der Waals surface area (Å²) in [6.07, 6.45) is 13.2. The van der Waals surface area contributed by atoms with Gasteiger partial charge in [-0.05, 0) is 206 Å². The number of carboxylic acids is 1. The van der Waals surface area contributed by atoms with E-state index in [2.05, 4.69) is 99.5 Å². The third-order valence-electron chi connectivity index (χ3n) is 15.9. The molecular weight excluding hydrogens is 1690 g/mol. The summed E-state index contributed by atoms with van der Waals surface area (Å²) in [5.41, 5.74) is 21.7. The number of halogens is 7. The summed E-state index contributed by atoms with van der Waals surface area (Å²) in [5, 5.41) is 60.6. The topological polar surface area (TPSA) is 505 Å². The fourth-order valence-corrected chi connectivity index (χ4v) is 11.2. The molecule has 0 radical (unpaired) electrons. The Kier molecular flexibility index (Phi) is 41.6. The van der Waals surface area contributed by atoms with Gasteiger partial charge in [0, 0.05) is 64.1 Å². The average Bonchev–Trinajstić information content (AvgIpc) is 1.10. The number of hydrogen-bond donors (Lipinski definition) is 7. The van der Waals surface area contributed by atoms with Crippen molar-refractivity contribution in [3.8, 4) is 68.9 Å². The van der Waals surface area contributed by atoms with Crippen LogP contribution in [0.15, 0.2) is 177 Å². The monoisotopic (exact) mass is 1770 g/mol. The molecule has 2 bridgehead atoms. The van der Waals surface area contributed by atoms with E-state index in [1.807, 2.05) is 78.9 Å². The molecule has 0 unspecified atom stereocenters. The molecule has 0 saturated heterocycles. The number of carbonyl (C=O) groups excluding carboxylic acids is 3. The molecule has 12 aromatic rings. The van der Waals surface area contributed by atoms with Crippen LogP contribution in [0.2, 0.25) is 20.1 Å². The molecule has 0 spiro atoms. The van der Waals surface area contributed by atoms with Crippen molar-refractivity contribution in [3.05, 3.63) is 219 Å². The molecule has 43 heteroatoms. The van der Waals surface area contributed by atoms with E-state index in [1.165, 1.54) is 44.6 Å². The smallest absolute Gasteiger partial charge is 0.870 e. The number of amides is 1. The Labute approximate surface area is 722 Å². The number of methoxy groups -OCH3 is 2. The Balaban J connectivity index is 0.000000263. The summed E-state index contributed by atoms with van der Waals surface area (Å²) in [5.74, 6) is 2.72. The average molecular weight is 1770 g/mol. The van der Waals surface area contributed by atoms with Gasteiger partial charge >= 0.3 is 42.0 Å². The fourth-order valence-electron chi connectivity index (χ4n) is 10.5. The maximum absolute atomic E-state index is 12.7. The number of phenols is 1. The third-order valence-corrected chi connectivity index (χ3v) is 16.8. The number of esters is 2. The number of aromatic carboxylic acids is 1. The van der Waals surface area contributed by atoms with Crippen LogP contribution in [0.4, 0.5) is 23.1 Å². The number of rotatable bonds is 22. The second kappa shape index (κ2) is 50.2. The van der Waals surface area contributed by atoms with Gasteiger partial charge in [-0.15, -0.1) is 40.8 Å². The molecule has 0 atom stereocenters. The minimum atomic E-state index is -3.22. The van der Waals surface area contributed by atoms with Crippen molar-refractivity contribution < 1.29 is 92.6 Å². The van der Waals surface area contributed by atoms with E-state index < -0.39 is 23.1 Å². The Morgan fingerprint density at radius 2 is 1.01 bits per heavy atom. The summed E-state index contributed by atoms with van der Waals surface area (Å²) in [7, 11) is 2.56. The molecule has 620 valence electrons. The van der Waals surface area contributed by atoms with Gasteiger partial charge in [0.15, 0.2) is 23.3 Å². The van der Waals surface area contributed by atoms with E-state index >= 15 is 0 Å². The van der Waals surface area contributed by atoms with E-state index in [9.17, 15) is 34.0 Å². The van der Waals surface area contributed by atoms with Crippen LogP contribution in [0.1, 0.15) is 92.8 Å². The first-order valence-corrected chi connectivity index (χ1v) is 40.8. The molecule has 0 saturated carbocycles. The van der Waals surface area contributed by atoms with Gasteiger partial charge in [0.1, 0.15) is 99.5 Å². The second-order valence-electron chi connectivity index (χ2n) is 24.1. The van der Waals surface area contributed by atoms with Crippen LogP contribution in [-0.4, -0.2) is 165 Å². The van der Waals surface area contributed by atoms with E-state index in [4.69, 9.17) is 87.7 Å².